The van der Waals surface area contributed by atoms with Gasteiger partial charge in [0.25, 0.3) is 5.91 Å². The minimum Gasteiger partial charge on any atom is -0.268 e. The summed E-state index contributed by atoms with van der Waals surface area (Å²) >= 11 is 2.19. The van der Waals surface area contributed by atoms with Crippen molar-refractivity contribution in [3.63, 3.8) is 0 Å². The lowest BCUT2D eigenvalue weighted by Crippen LogP contribution is -2.27. The molecule has 1 amide bonds. The third-order valence-electron chi connectivity index (χ3n) is 3.03. The molecule has 0 N–H and O–H groups in total. The molecular formula is C17H12IN3O. The topological polar surface area (TPSA) is 46.1 Å². The Balaban J connectivity index is 2.08. The number of aromatic nitrogens is 2. The molecule has 3 aromatic rings. The first-order chi connectivity index (χ1) is 10.8. The van der Waals surface area contributed by atoms with Gasteiger partial charge in [-0.2, -0.15) is 0 Å². The van der Waals surface area contributed by atoms with Crippen molar-refractivity contribution in [1.82, 2.24) is 9.97 Å². The Labute approximate surface area is 142 Å². The van der Waals surface area contributed by atoms with Crippen molar-refractivity contribution in [2.24, 2.45) is 0 Å². The standard InChI is InChI=1S/C17H12IN3O/c18-14-7-5-6-13(12-14)17(22)21(15-8-1-3-10-19-15)16-9-2-4-11-20-16/h1-12H. The molecule has 1 aromatic carbocycles. The van der Waals surface area contributed by atoms with Gasteiger partial charge < -0.3 is 0 Å². The summed E-state index contributed by atoms with van der Waals surface area (Å²) in [4.78, 5) is 23.0. The second-order valence-corrected chi connectivity index (χ2v) is 5.77. The minimum absolute atomic E-state index is 0.157. The monoisotopic (exact) mass is 401 g/mol. The number of benzene rings is 1. The molecule has 0 fully saturated rings. The van der Waals surface area contributed by atoms with Gasteiger partial charge in [-0.1, -0.05) is 18.2 Å². The van der Waals surface area contributed by atoms with Crippen LogP contribution in [0.1, 0.15) is 10.4 Å². The number of hydrogen-bond acceptors (Lipinski definition) is 3. The van der Waals surface area contributed by atoms with E-state index >= 15 is 0 Å². The van der Waals surface area contributed by atoms with E-state index in [1.165, 1.54) is 4.90 Å². The van der Waals surface area contributed by atoms with Crippen molar-refractivity contribution >= 4 is 40.1 Å². The van der Waals surface area contributed by atoms with Gasteiger partial charge in [-0.05, 0) is 65.1 Å². The second-order valence-electron chi connectivity index (χ2n) is 4.53. The zero-order chi connectivity index (χ0) is 15.4. The van der Waals surface area contributed by atoms with E-state index in [0.29, 0.717) is 17.2 Å². The van der Waals surface area contributed by atoms with Crippen LogP contribution in [0.25, 0.3) is 0 Å². The van der Waals surface area contributed by atoms with Crippen LogP contribution in [0.15, 0.2) is 73.1 Å². The van der Waals surface area contributed by atoms with Crippen LogP contribution in [-0.4, -0.2) is 15.9 Å². The van der Waals surface area contributed by atoms with Crippen LogP contribution in [0.5, 0.6) is 0 Å². The number of pyridine rings is 2. The van der Waals surface area contributed by atoms with Gasteiger partial charge in [0.15, 0.2) is 0 Å². The van der Waals surface area contributed by atoms with E-state index in [1.807, 2.05) is 42.5 Å². The highest BCUT2D eigenvalue weighted by Gasteiger charge is 2.21. The quantitative estimate of drug-likeness (QED) is 0.622. The Morgan fingerprint density at radius 1 is 0.864 bits per heavy atom. The molecular weight excluding hydrogens is 389 g/mol. The first-order valence-electron chi connectivity index (χ1n) is 6.68. The maximum absolute atomic E-state index is 12.9. The predicted octanol–water partition coefficient (Wildman–Crippen LogP) is 4.06. The number of hydrogen-bond donors (Lipinski definition) is 0. The highest BCUT2D eigenvalue weighted by Crippen LogP contribution is 2.24. The van der Waals surface area contributed by atoms with E-state index in [-0.39, 0.29) is 5.91 Å². The van der Waals surface area contributed by atoms with Crippen LogP contribution in [-0.2, 0) is 0 Å². The normalized spacial score (nSPS) is 10.2. The lowest BCUT2D eigenvalue weighted by Gasteiger charge is -2.20. The van der Waals surface area contributed by atoms with E-state index in [9.17, 15) is 4.79 Å². The van der Waals surface area contributed by atoms with Crippen LogP contribution in [0.4, 0.5) is 11.6 Å². The maximum atomic E-state index is 12.9. The van der Waals surface area contributed by atoms with Gasteiger partial charge in [-0.15, -0.1) is 0 Å². The molecule has 0 aliphatic heterocycles. The summed E-state index contributed by atoms with van der Waals surface area (Å²) in [5.41, 5.74) is 0.600. The van der Waals surface area contributed by atoms with E-state index < -0.39 is 0 Å². The number of rotatable bonds is 3. The molecule has 2 aromatic heterocycles. The molecule has 5 heteroatoms. The molecule has 0 spiro atoms. The zero-order valence-corrected chi connectivity index (χ0v) is 13.7. The van der Waals surface area contributed by atoms with Crippen molar-refractivity contribution in [3.05, 3.63) is 82.2 Å². The van der Waals surface area contributed by atoms with Crippen LogP contribution in [0, 0.1) is 3.57 Å². The molecule has 3 rings (SSSR count). The van der Waals surface area contributed by atoms with E-state index in [4.69, 9.17) is 0 Å². The number of carbonyl (C=O) groups is 1. The fourth-order valence-electron chi connectivity index (χ4n) is 2.05. The van der Waals surface area contributed by atoms with Crippen molar-refractivity contribution < 1.29 is 4.79 Å². The van der Waals surface area contributed by atoms with Crippen LogP contribution >= 0.6 is 22.6 Å². The number of amides is 1. The first kappa shape index (κ1) is 14.6. The fraction of sp³-hybridized carbons (Fsp3) is 0. The van der Waals surface area contributed by atoms with Gasteiger partial charge >= 0.3 is 0 Å². The summed E-state index contributed by atoms with van der Waals surface area (Å²) in [6.07, 6.45) is 3.32. The summed E-state index contributed by atoms with van der Waals surface area (Å²) in [6, 6.07) is 18.4. The largest absolute Gasteiger partial charge is 0.268 e. The number of nitrogens with zero attached hydrogens (tertiary/aromatic N) is 3. The van der Waals surface area contributed by atoms with E-state index in [2.05, 4.69) is 32.6 Å². The molecule has 0 aliphatic rings. The molecule has 0 radical (unpaired) electrons. The first-order valence-corrected chi connectivity index (χ1v) is 7.76. The van der Waals surface area contributed by atoms with E-state index in [1.54, 1.807) is 30.6 Å². The zero-order valence-electron chi connectivity index (χ0n) is 11.6. The third-order valence-corrected chi connectivity index (χ3v) is 3.70. The average Bonchev–Trinajstić information content (AvgIpc) is 2.57. The van der Waals surface area contributed by atoms with Gasteiger partial charge in [0.1, 0.15) is 11.6 Å². The number of anilines is 2. The lowest BCUT2D eigenvalue weighted by molar-refractivity contribution is 0.0998. The summed E-state index contributed by atoms with van der Waals surface area (Å²) in [7, 11) is 0. The summed E-state index contributed by atoms with van der Waals surface area (Å²) in [5, 5.41) is 0. The number of carbonyl (C=O) groups excluding carboxylic acids is 1. The Bertz CT molecular complexity index is 739. The predicted molar refractivity (Wildman–Crippen MR) is 94.1 cm³/mol. The van der Waals surface area contributed by atoms with E-state index in [0.717, 1.165) is 3.57 Å². The Morgan fingerprint density at radius 3 is 2.00 bits per heavy atom. The SMILES string of the molecule is O=C(c1cccc(I)c1)N(c1ccccn1)c1ccccn1. The summed E-state index contributed by atoms with van der Waals surface area (Å²) in [6.45, 7) is 0. The highest BCUT2D eigenvalue weighted by molar-refractivity contribution is 14.1. The minimum atomic E-state index is -0.157. The van der Waals surface area contributed by atoms with Crippen LogP contribution in [0.2, 0.25) is 0 Å². The molecule has 2 heterocycles. The molecule has 108 valence electrons. The molecule has 0 saturated heterocycles. The van der Waals surface area contributed by atoms with Gasteiger partial charge in [-0.25, -0.2) is 14.9 Å². The highest BCUT2D eigenvalue weighted by atomic mass is 127. The van der Waals surface area contributed by atoms with Gasteiger partial charge in [-0.3, -0.25) is 4.79 Å². The van der Waals surface area contributed by atoms with Gasteiger partial charge in [0.2, 0.25) is 0 Å². The third kappa shape index (κ3) is 3.14. The average molecular weight is 401 g/mol. The van der Waals surface area contributed by atoms with Crippen molar-refractivity contribution in [1.29, 1.82) is 0 Å². The molecule has 0 bridgehead atoms. The smallest absolute Gasteiger partial charge is 0.265 e. The Morgan fingerprint density at radius 2 is 1.50 bits per heavy atom. The van der Waals surface area contributed by atoms with Crippen molar-refractivity contribution in [3.8, 4) is 0 Å². The van der Waals surface area contributed by atoms with Gasteiger partial charge in [0.05, 0.1) is 0 Å². The van der Waals surface area contributed by atoms with Crippen molar-refractivity contribution in [2.45, 2.75) is 0 Å². The summed E-state index contributed by atoms with van der Waals surface area (Å²) < 4.78 is 1.01. The molecule has 0 aliphatic carbocycles. The molecule has 4 nitrogen and oxygen atoms in total. The number of halogens is 1. The molecule has 0 atom stereocenters. The molecule has 22 heavy (non-hydrogen) atoms. The Hall–Kier alpha value is -2.28. The molecule has 0 unspecified atom stereocenters. The maximum Gasteiger partial charge on any atom is 0.265 e. The van der Waals surface area contributed by atoms with Crippen LogP contribution < -0.4 is 4.90 Å². The summed E-state index contributed by atoms with van der Waals surface area (Å²) in [5.74, 6) is 0.936. The Kier molecular flexibility index (Phi) is 4.43. The van der Waals surface area contributed by atoms with Gasteiger partial charge in [0, 0.05) is 21.5 Å². The fourth-order valence-corrected chi connectivity index (χ4v) is 2.59. The molecule has 0 saturated carbocycles. The van der Waals surface area contributed by atoms with Crippen molar-refractivity contribution in [2.75, 3.05) is 4.90 Å². The van der Waals surface area contributed by atoms with Crippen LogP contribution in [0.3, 0.4) is 0 Å². The lowest BCUT2D eigenvalue weighted by atomic mass is 10.2. The second kappa shape index (κ2) is 6.65.